The molecule has 1 unspecified atom stereocenters. The number of carbonyl (C=O) groups is 1. The van der Waals surface area contributed by atoms with Gasteiger partial charge in [0, 0.05) is 18.3 Å². The highest BCUT2D eigenvalue weighted by molar-refractivity contribution is 6.07. The second kappa shape index (κ2) is 10.6. The lowest BCUT2D eigenvalue weighted by molar-refractivity contribution is -0.112. The number of rotatable bonds is 9. The normalized spacial score (nSPS) is 11.7. The number of amides is 1. The van der Waals surface area contributed by atoms with Crippen LogP contribution >= 0.6 is 0 Å². The molecule has 2 aromatic carbocycles. The van der Waals surface area contributed by atoms with Crippen molar-refractivity contribution in [1.29, 1.82) is 5.26 Å². The molecule has 2 rings (SSSR count). The van der Waals surface area contributed by atoms with Crippen LogP contribution in [-0.4, -0.2) is 34.3 Å². The Hall–Kier alpha value is -3.86. The van der Waals surface area contributed by atoms with E-state index >= 15 is 0 Å². The van der Waals surface area contributed by atoms with Crippen molar-refractivity contribution >= 4 is 11.6 Å². The molecular formula is C22H25N3O5. The van der Waals surface area contributed by atoms with Gasteiger partial charge in [0.05, 0.1) is 34.1 Å². The first-order valence-corrected chi connectivity index (χ1v) is 9.09. The van der Waals surface area contributed by atoms with Gasteiger partial charge in [-0.05, 0) is 36.8 Å². The van der Waals surface area contributed by atoms with E-state index in [9.17, 15) is 10.1 Å². The van der Waals surface area contributed by atoms with Crippen LogP contribution in [0.4, 0.5) is 5.69 Å². The molecule has 2 N–H and O–H groups in total. The molecule has 1 atom stereocenters. The Morgan fingerprint density at radius 3 is 2.23 bits per heavy atom. The fourth-order valence-electron chi connectivity index (χ4n) is 2.68. The number of ether oxygens (including phenoxy) is 4. The molecule has 8 heteroatoms. The molecule has 0 radical (unpaired) electrons. The molecule has 0 aliphatic carbocycles. The van der Waals surface area contributed by atoms with Crippen LogP contribution < -0.4 is 29.6 Å². The Balaban J connectivity index is 2.16. The van der Waals surface area contributed by atoms with Gasteiger partial charge in [0.25, 0.3) is 5.91 Å². The molecule has 8 nitrogen and oxygen atoms in total. The van der Waals surface area contributed by atoms with Crippen LogP contribution in [0.2, 0.25) is 0 Å². The van der Waals surface area contributed by atoms with Crippen molar-refractivity contribution in [2.24, 2.45) is 0 Å². The van der Waals surface area contributed by atoms with Crippen molar-refractivity contribution in [3.05, 3.63) is 53.7 Å². The minimum absolute atomic E-state index is 0.0906. The standard InChI is InChI=1S/C22H25N3O5/c1-14(15-6-8-20(29-4)21(10-15)30-5)24-13-16(12-23)22(26)25-18-11-17(27-2)7-9-19(18)28-3/h6-11,13-14,24H,1-5H3,(H,25,26)/b16-13-. The summed E-state index contributed by atoms with van der Waals surface area (Å²) >= 11 is 0. The molecule has 0 heterocycles. The summed E-state index contributed by atoms with van der Waals surface area (Å²) in [6, 6.07) is 12.2. The molecule has 0 bridgehead atoms. The monoisotopic (exact) mass is 411 g/mol. The van der Waals surface area contributed by atoms with Crippen LogP contribution in [0, 0.1) is 11.3 Å². The lowest BCUT2D eigenvalue weighted by Gasteiger charge is -2.16. The number of nitrogens with zero attached hydrogens (tertiary/aromatic N) is 1. The van der Waals surface area contributed by atoms with Gasteiger partial charge in [-0.2, -0.15) is 5.26 Å². The maximum absolute atomic E-state index is 12.6. The first-order chi connectivity index (χ1) is 14.5. The van der Waals surface area contributed by atoms with Crippen LogP contribution in [0.15, 0.2) is 48.2 Å². The first-order valence-electron chi connectivity index (χ1n) is 9.09. The zero-order chi connectivity index (χ0) is 22.1. The largest absolute Gasteiger partial charge is 0.497 e. The Kier molecular flexibility index (Phi) is 7.94. The molecule has 158 valence electrons. The van der Waals surface area contributed by atoms with E-state index in [1.165, 1.54) is 20.4 Å². The summed E-state index contributed by atoms with van der Waals surface area (Å²) in [6.45, 7) is 1.90. The predicted molar refractivity (Wildman–Crippen MR) is 113 cm³/mol. The van der Waals surface area contributed by atoms with E-state index in [-0.39, 0.29) is 11.6 Å². The average molecular weight is 411 g/mol. The van der Waals surface area contributed by atoms with Gasteiger partial charge in [0.15, 0.2) is 11.5 Å². The Morgan fingerprint density at radius 1 is 0.967 bits per heavy atom. The summed E-state index contributed by atoms with van der Waals surface area (Å²) in [5, 5.41) is 15.2. The Labute approximate surface area is 176 Å². The molecule has 0 fully saturated rings. The van der Waals surface area contributed by atoms with Crippen molar-refractivity contribution in [3.63, 3.8) is 0 Å². The van der Waals surface area contributed by atoms with Crippen molar-refractivity contribution in [2.75, 3.05) is 33.8 Å². The van der Waals surface area contributed by atoms with Crippen molar-refractivity contribution < 1.29 is 23.7 Å². The molecule has 0 aliphatic heterocycles. The van der Waals surface area contributed by atoms with Crippen LogP contribution in [0.3, 0.4) is 0 Å². The van der Waals surface area contributed by atoms with Crippen molar-refractivity contribution in [3.8, 4) is 29.1 Å². The second-order valence-electron chi connectivity index (χ2n) is 6.19. The third-order valence-electron chi connectivity index (χ3n) is 4.41. The molecular weight excluding hydrogens is 386 g/mol. The van der Waals surface area contributed by atoms with Gasteiger partial charge in [-0.25, -0.2) is 0 Å². The smallest absolute Gasteiger partial charge is 0.267 e. The van der Waals surface area contributed by atoms with Gasteiger partial charge in [0.2, 0.25) is 0 Å². The zero-order valence-corrected chi connectivity index (χ0v) is 17.6. The second-order valence-corrected chi connectivity index (χ2v) is 6.19. The van der Waals surface area contributed by atoms with Crippen LogP contribution in [0.5, 0.6) is 23.0 Å². The van der Waals surface area contributed by atoms with Gasteiger partial charge < -0.3 is 29.6 Å². The molecule has 1 amide bonds. The van der Waals surface area contributed by atoms with Gasteiger partial charge in [-0.15, -0.1) is 0 Å². The summed E-state index contributed by atoms with van der Waals surface area (Å²) in [4.78, 5) is 12.6. The lowest BCUT2D eigenvalue weighted by atomic mass is 10.1. The summed E-state index contributed by atoms with van der Waals surface area (Å²) in [5.74, 6) is 1.64. The number of carbonyl (C=O) groups excluding carboxylic acids is 1. The topological polar surface area (TPSA) is 102 Å². The van der Waals surface area contributed by atoms with Crippen molar-refractivity contribution in [2.45, 2.75) is 13.0 Å². The zero-order valence-electron chi connectivity index (χ0n) is 17.6. The first kappa shape index (κ1) is 22.4. The van der Waals surface area contributed by atoms with E-state index in [2.05, 4.69) is 10.6 Å². The van der Waals surface area contributed by atoms with Crippen LogP contribution in [0.1, 0.15) is 18.5 Å². The van der Waals surface area contributed by atoms with E-state index < -0.39 is 5.91 Å². The minimum Gasteiger partial charge on any atom is -0.497 e. The van der Waals surface area contributed by atoms with Gasteiger partial charge >= 0.3 is 0 Å². The van der Waals surface area contributed by atoms with Gasteiger partial charge in [0.1, 0.15) is 23.1 Å². The molecule has 0 aliphatic rings. The number of nitrogens with one attached hydrogen (secondary N) is 2. The maximum atomic E-state index is 12.6. The number of methoxy groups -OCH3 is 4. The lowest BCUT2D eigenvalue weighted by Crippen LogP contribution is -2.19. The minimum atomic E-state index is -0.573. The van der Waals surface area contributed by atoms with E-state index in [1.54, 1.807) is 38.5 Å². The van der Waals surface area contributed by atoms with Crippen LogP contribution in [0.25, 0.3) is 0 Å². The quantitative estimate of drug-likeness (QED) is 0.481. The maximum Gasteiger partial charge on any atom is 0.267 e. The highest BCUT2D eigenvalue weighted by atomic mass is 16.5. The number of nitriles is 1. The Morgan fingerprint density at radius 2 is 1.63 bits per heavy atom. The van der Waals surface area contributed by atoms with Gasteiger partial charge in [-0.3, -0.25) is 4.79 Å². The number of hydrogen-bond acceptors (Lipinski definition) is 7. The molecule has 2 aromatic rings. The van der Waals surface area contributed by atoms with Crippen molar-refractivity contribution in [1.82, 2.24) is 5.32 Å². The number of hydrogen-bond donors (Lipinski definition) is 2. The van der Waals surface area contributed by atoms with E-state index in [4.69, 9.17) is 18.9 Å². The van der Waals surface area contributed by atoms with E-state index in [0.717, 1.165) is 5.56 Å². The molecule has 0 saturated carbocycles. The van der Waals surface area contributed by atoms with E-state index in [1.807, 2.05) is 25.1 Å². The number of anilines is 1. The predicted octanol–water partition coefficient (Wildman–Crippen LogP) is 3.42. The fraction of sp³-hybridized carbons (Fsp3) is 0.273. The summed E-state index contributed by atoms with van der Waals surface area (Å²) in [5.41, 5.74) is 1.21. The highest BCUT2D eigenvalue weighted by Crippen LogP contribution is 2.30. The fourth-order valence-corrected chi connectivity index (χ4v) is 2.68. The molecule has 0 saturated heterocycles. The van der Waals surface area contributed by atoms with Crippen LogP contribution in [-0.2, 0) is 4.79 Å². The average Bonchev–Trinajstić information content (AvgIpc) is 2.78. The van der Waals surface area contributed by atoms with E-state index in [0.29, 0.717) is 28.7 Å². The molecule has 0 aromatic heterocycles. The summed E-state index contributed by atoms with van der Waals surface area (Å²) in [7, 11) is 6.14. The molecule has 30 heavy (non-hydrogen) atoms. The summed E-state index contributed by atoms with van der Waals surface area (Å²) < 4.78 is 21.0. The molecule has 0 spiro atoms. The third kappa shape index (κ3) is 5.35. The van der Waals surface area contributed by atoms with Gasteiger partial charge in [-0.1, -0.05) is 6.07 Å². The SMILES string of the molecule is COc1ccc(OC)c(NC(=O)/C(C#N)=C\NC(C)c2ccc(OC)c(OC)c2)c1. The Bertz CT molecular complexity index is 966. The summed E-state index contributed by atoms with van der Waals surface area (Å²) in [6.07, 6.45) is 1.38. The highest BCUT2D eigenvalue weighted by Gasteiger charge is 2.15. The number of benzene rings is 2. The third-order valence-corrected chi connectivity index (χ3v) is 4.41.